The van der Waals surface area contributed by atoms with E-state index < -0.39 is 32.6 Å². The number of carbonyl (C=O) groups is 1. The van der Waals surface area contributed by atoms with Crippen LogP contribution in [0.15, 0.2) is 18.2 Å². The number of carboxylic acid groups (broad SMARTS) is 1. The molecule has 0 saturated carbocycles. The van der Waals surface area contributed by atoms with E-state index >= 15 is 0 Å². The molecule has 0 aliphatic heterocycles. The topological polar surface area (TPSA) is 80.7 Å². The summed E-state index contributed by atoms with van der Waals surface area (Å²) in [5.74, 6) is -2.89. The van der Waals surface area contributed by atoms with E-state index in [1.54, 1.807) is 0 Å². The van der Waals surface area contributed by atoms with Gasteiger partial charge in [0.25, 0.3) is 0 Å². The first-order chi connectivity index (χ1) is 8.75. The molecule has 0 unspecified atom stereocenters. The fourth-order valence-corrected chi connectivity index (χ4v) is 2.11. The van der Waals surface area contributed by atoms with Gasteiger partial charge in [-0.3, -0.25) is 0 Å². The molecular weight excluding hydrogens is 275 g/mol. The Morgan fingerprint density at radius 2 is 2.05 bits per heavy atom. The summed E-state index contributed by atoms with van der Waals surface area (Å²) in [5.41, 5.74) is -0.332. The molecule has 0 fully saturated rings. The van der Waals surface area contributed by atoms with Gasteiger partial charge in [0, 0.05) is 0 Å². The van der Waals surface area contributed by atoms with Crippen molar-refractivity contribution in [2.24, 2.45) is 0 Å². The predicted octanol–water partition coefficient (Wildman–Crippen LogP) is 1.73. The Bertz CT molecular complexity index is 565. The molecule has 7 heteroatoms. The van der Waals surface area contributed by atoms with Gasteiger partial charge in [-0.15, -0.1) is 0 Å². The zero-order valence-electron chi connectivity index (χ0n) is 10.6. The zero-order valence-corrected chi connectivity index (χ0v) is 11.4. The number of aromatic carboxylic acids is 1. The Morgan fingerprint density at radius 1 is 1.42 bits per heavy atom. The Labute approximate surface area is 110 Å². The van der Waals surface area contributed by atoms with Crippen molar-refractivity contribution in [3.05, 3.63) is 29.6 Å². The molecule has 5 nitrogen and oxygen atoms in total. The van der Waals surface area contributed by atoms with Crippen LogP contribution in [0.3, 0.4) is 0 Å². The van der Waals surface area contributed by atoms with E-state index in [4.69, 9.17) is 9.84 Å². The fraction of sp³-hybridized carbons (Fsp3) is 0.417. The van der Waals surface area contributed by atoms with Crippen LogP contribution in [0.2, 0.25) is 0 Å². The lowest BCUT2D eigenvalue weighted by molar-refractivity contribution is 0.0691. The molecule has 0 saturated heterocycles. The highest BCUT2D eigenvalue weighted by Gasteiger charge is 2.19. The van der Waals surface area contributed by atoms with Crippen molar-refractivity contribution in [3.8, 4) is 5.75 Å². The Morgan fingerprint density at radius 3 is 2.58 bits per heavy atom. The van der Waals surface area contributed by atoms with Gasteiger partial charge in [0.05, 0.1) is 11.0 Å². The lowest BCUT2D eigenvalue weighted by Crippen LogP contribution is -2.22. The third-order valence-electron chi connectivity index (χ3n) is 2.53. The van der Waals surface area contributed by atoms with Gasteiger partial charge in [-0.1, -0.05) is 6.07 Å². The van der Waals surface area contributed by atoms with Gasteiger partial charge >= 0.3 is 5.97 Å². The molecule has 0 heterocycles. The highest BCUT2D eigenvalue weighted by Crippen LogP contribution is 2.22. The first kappa shape index (κ1) is 15.4. The molecule has 1 rings (SSSR count). The summed E-state index contributed by atoms with van der Waals surface area (Å²) in [7, 11) is -3.31. The van der Waals surface area contributed by atoms with Crippen molar-refractivity contribution in [2.45, 2.75) is 19.1 Å². The lowest BCUT2D eigenvalue weighted by Gasteiger charge is -2.11. The summed E-state index contributed by atoms with van der Waals surface area (Å²) >= 11 is 0. The van der Waals surface area contributed by atoms with Crippen molar-refractivity contribution in [1.82, 2.24) is 0 Å². The largest absolute Gasteiger partial charge is 0.489 e. The number of ether oxygens (including phenoxy) is 1. The number of hydrogen-bond donors (Lipinski definition) is 1. The highest BCUT2D eigenvalue weighted by molar-refractivity contribution is 7.91. The van der Waals surface area contributed by atoms with Gasteiger partial charge in [-0.05, 0) is 26.0 Å². The van der Waals surface area contributed by atoms with E-state index in [-0.39, 0.29) is 17.9 Å². The van der Waals surface area contributed by atoms with Gasteiger partial charge in [-0.25, -0.2) is 17.6 Å². The number of sulfone groups is 1. The van der Waals surface area contributed by atoms with Crippen LogP contribution in [0.25, 0.3) is 0 Å². The fourth-order valence-electron chi connectivity index (χ4n) is 1.32. The zero-order chi connectivity index (χ0) is 14.6. The maximum atomic E-state index is 13.5. The van der Waals surface area contributed by atoms with Gasteiger partial charge in [0.2, 0.25) is 0 Å². The SMILES string of the molecule is CC(C)S(=O)(=O)CCOc1c(F)cccc1C(=O)O. The molecule has 1 N–H and O–H groups in total. The Balaban J connectivity index is 2.82. The average Bonchev–Trinajstić information content (AvgIpc) is 2.30. The molecule has 0 bridgehead atoms. The Hall–Kier alpha value is -1.63. The van der Waals surface area contributed by atoms with Gasteiger partial charge < -0.3 is 9.84 Å². The van der Waals surface area contributed by atoms with Crippen molar-refractivity contribution in [2.75, 3.05) is 12.4 Å². The minimum Gasteiger partial charge on any atom is -0.489 e. The number of benzene rings is 1. The van der Waals surface area contributed by atoms with Crippen LogP contribution in [0.1, 0.15) is 24.2 Å². The summed E-state index contributed by atoms with van der Waals surface area (Å²) in [6.45, 7) is 2.77. The maximum Gasteiger partial charge on any atom is 0.339 e. The standard InChI is InChI=1S/C12H15FO5S/c1-8(2)19(16,17)7-6-18-11-9(12(14)15)4-3-5-10(11)13/h3-5,8H,6-7H2,1-2H3,(H,14,15). The number of rotatable bonds is 6. The summed E-state index contributed by atoms with van der Waals surface area (Å²) in [5, 5.41) is 8.31. The van der Waals surface area contributed by atoms with E-state index in [0.717, 1.165) is 6.07 Å². The normalized spacial score (nSPS) is 11.6. The molecule has 0 amide bonds. The third-order valence-corrected chi connectivity index (χ3v) is 4.70. The van der Waals surface area contributed by atoms with Crippen LogP contribution in [0.5, 0.6) is 5.75 Å². The van der Waals surface area contributed by atoms with Crippen molar-refractivity contribution in [3.63, 3.8) is 0 Å². The Kier molecular flexibility index (Phi) is 4.88. The second kappa shape index (κ2) is 6.01. The molecular formula is C12H15FO5S. The molecule has 0 aliphatic rings. The predicted molar refractivity (Wildman–Crippen MR) is 67.8 cm³/mol. The van der Waals surface area contributed by atoms with Crippen molar-refractivity contribution in [1.29, 1.82) is 0 Å². The lowest BCUT2D eigenvalue weighted by atomic mass is 10.2. The summed E-state index contributed by atoms with van der Waals surface area (Å²) < 4.78 is 41.5. The smallest absolute Gasteiger partial charge is 0.339 e. The van der Waals surface area contributed by atoms with E-state index in [1.165, 1.54) is 26.0 Å². The quantitative estimate of drug-likeness (QED) is 0.863. The van der Waals surface area contributed by atoms with Crippen LogP contribution in [0.4, 0.5) is 4.39 Å². The van der Waals surface area contributed by atoms with Crippen LogP contribution in [-0.4, -0.2) is 37.1 Å². The minimum atomic E-state index is -3.31. The van der Waals surface area contributed by atoms with Gasteiger partial charge in [0.1, 0.15) is 12.2 Å². The van der Waals surface area contributed by atoms with Crippen molar-refractivity contribution < 1.29 is 27.4 Å². The van der Waals surface area contributed by atoms with Crippen LogP contribution in [0, 0.1) is 5.82 Å². The van der Waals surface area contributed by atoms with Gasteiger partial charge in [-0.2, -0.15) is 0 Å². The first-order valence-electron chi connectivity index (χ1n) is 5.62. The first-order valence-corrected chi connectivity index (χ1v) is 7.33. The van der Waals surface area contributed by atoms with Crippen LogP contribution in [-0.2, 0) is 9.84 Å². The number of halogens is 1. The van der Waals surface area contributed by atoms with Crippen molar-refractivity contribution >= 4 is 15.8 Å². The molecule has 0 radical (unpaired) electrons. The van der Waals surface area contributed by atoms with E-state index in [2.05, 4.69) is 0 Å². The number of para-hydroxylation sites is 1. The summed E-state index contributed by atoms with van der Waals surface area (Å²) in [6, 6.07) is 3.49. The van der Waals surface area contributed by atoms with Gasteiger partial charge in [0.15, 0.2) is 21.4 Å². The second-order valence-electron chi connectivity index (χ2n) is 4.19. The molecule has 106 valence electrons. The van der Waals surface area contributed by atoms with E-state index in [9.17, 15) is 17.6 Å². The van der Waals surface area contributed by atoms with Crippen LogP contribution < -0.4 is 4.74 Å². The molecule has 1 aromatic carbocycles. The number of hydrogen-bond acceptors (Lipinski definition) is 4. The highest BCUT2D eigenvalue weighted by atomic mass is 32.2. The van der Waals surface area contributed by atoms with E-state index in [0.29, 0.717) is 0 Å². The maximum absolute atomic E-state index is 13.5. The average molecular weight is 290 g/mol. The number of carboxylic acids is 1. The van der Waals surface area contributed by atoms with Crippen LogP contribution >= 0.6 is 0 Å². The second-order valence-corrected chi connectivity index (χ2v) is 6.86. The third kappa shape index (κ3) is 3.92. The monoisotopic (exact) mass is 290 g/mol. The molecule has 0 aromatic heterocycles. The molecule has 0 spiro atoms. The molecule has 0 aliphatic carbocycles. The molecule has 0 atom stereocenters. The molecule has 1 aromatic rings. The summed E-state index contributed by atoms with van der Waals surface area (Å²) in [4.78, 5) is 10.9. The minimum absolute atomic E-state index is 0.290. The van der Waals surface area contributed by atoms with E-state index in [1.807, 2.05) is 0 Å². The summed E-state index contributed by atoms with van der Waals surface area (Å²) in [6.07, 6.45) is 0. The molecule has 19 heavy (non-hydrogen) atoms.